The number of hydrogen-bond donors (Lipinski definition) is 0. The van der Waals surface area contributed by atoms with Crippen LogP contribution in [0.2, 0.25) is 0 Å². The fourth-order valence-corrected chi connectivity index (χ4v) is 8.70. The van der Waals surface area contributed by atoms with E-state index < -0.39 is 0 Å². The fourth-order valence-electron chi connectivity index (χ4n) is 8.70. The average molecular weight is 655 g/mol. The second-order valence-electron chi connectivity index (χ2n) is 14.0. The van der Waals surface area contributed by atoms with Crippen molar-refractivity contribution in [1.82, 2.24) is 15.0 Å². The molecular formula is C46H30N4O. The standard InChI is InChI=1S/C46H30N4O/c1-46(2)35-21-11-12-22-36(35)50(43-40(46)31-24-25-47-26-34(31)38-33-20-10-13-23-37(33)51-44(38)43)45-48-41(27-14-4-3-5-15-27)39-30-18-8-6-16-28(30)29-17-7-9-19-32(29)42(39)49-45/h3-26H,1-2H3. The van der Waals surface area contributed by atoms with E-state index >= 15 is 0 Å². The van der Waals surface area contributed by atoms with Gasteiger partial charge in [0.1, 0.15) is 5.58 Å². The van der Waals surface area contributed by atoms with Crippen LogP contribution in [0, 0.1) is 0 Å². The molecule has 0 spiro atoms. The van der Waals surface area contributed by atoms with Gasteiger partial charge in [0.15, 0.2) is 5.58 Å². The molecular weight excluding hydrogens is 625 g/mol. The number of aromatic nitrogens is 3. The van der Waals surface area contributed by atoms with E-state index in [9.17, 15) is 0 Å². The highest BCUT2D eigenvalue weighted by molar-refractivity contribution is 6.28. The molecule has 0 saturated carbocycles. The third-order valence-electron chi connectivity index (χ3n) is 10.9. The summed E-state index contributed by atoms with van der Waals surface area (Å²) in [5, 5.41) is 9.96. The second kappa shape index (κ2) is 10.2. The molecule has 3 aromatic heterocycles. The average Bonchev–Trinajstić information content (AvgIpc) is 3.58. The highest BCUT2D eigenvalue weighted by atomic mass is 16.3. The molecule has 5 nitrogen and oxygen atoms in total. The zero-order valence-electron chi connectivity index (χ0n) is 28.1. The zero-order valence-corrected chi connectivity index (χ0v) is 28.1. The van der Waals surface area contributed by atoms with Crippen molar-refractivity contribution < 1.29 is 4.42 Å². The Morgan fingerprint density at radius 3 is 2.06 bits per heavy atom. The van der Waals surface area contributed by atoms with Crippen LogP contribution in [0.3, 0.4) is 0 Å². The molecule has 10 aromatic rings. The molecule has 1 aliphatic rings. The number of para-hydroxylation sites is 2. The SMILES string of the molecule is CC1(C)c2ccccc2N(c2nc(-c3ccccc3)c3c4ccccc4c4ccccc4c3n2)c2c1c1ccncc1c1c2oc2ccccc21. The van der Waals surface area contributed by atoms with Gasteiger partial charge in [0.2, 0.25) is 5.95 Å². The summed E-state index contributed by atoms with van der Waals surface area (Å²) in [4.78, 5) is 18.1. The molecule has 0 saturated heterocycles. The molecule has 11 rings (SSSR count). The van der Waals surface area contributed by atoms with Crippen molar-refractivity contribution in [2.45, 2.75) is 19.3 Å². The smallest absolute Gasteiger partial charge is 0.235 e. The van der Waals surface area contributed by atoms with Crippen molar-refractivity contribution >= 4 is 82.5 Å². The van der Waals surface area contributed by atoms with Crippen molar-refractivity contribution in [3.8, 4) is 11.3 Å². The molecule has 0 N–H and O–H groups in total. The van der Waals surface area contributed by atoms with Crippen LogP contribution in [0.15, 0.2) is 150 Å². The number of nitrogens with zero attached hydrogens (tertiary/aromatic N) is 4. The number of hydrogen-bond acceptors (Lipinski definition) is 5. The number of furan rings is 1. The minimum atomic E-state index is -0.378. The summed E-state index contributed by atoms with van der Waals surface area (Å²) < 4.78 is 6.92. The Kier molecular flexibility index (Phi) is 5.66. The van der Waals surface area contributed by atoms with Gasteiger partial charge in [-0.3, -0.25) is 9.88 Å². The van der Waals surface area contributed by atoms with Gasteiger partial charge in [-0.1, -0.05) is 129 Å². The third-order valence-corrected chi connectivity index (χ3v) is 10.9. The lowest BCUT2D eigenvalue weighted by Gasteiger charge is -2.41. The molecule has 0 amide bonds. The quantitative estimate of drug-likeness (QED) is 0.174. The van der Waals surface area contributed by atoms with Gasteiger partial charge in [0, 0.05) is 50.3 Å². The molecule has 240 valence electrons. The first kappa shape index (κ1) is 28.3. The van der Waals surface area contributed by atoms with Gasteiger partial charge in [-0.05, 0) is 50.9 Å². The van der Waals surface area contributed by atoms with E-state index in [0.717, 1.165) is 77.0 Å². The molecule has 7 aromatic carbocycles. The van der Waals surface area contributed by atoms with Crippen LogP contribution in [0.1, 0.15) is 25.0 Å². The monoisotopic (exact) mass is 654 g/mol. The Bertz CT molecular complexity index is 3070. The van der Waals surface area contributed by atoms with Crippen molar-refractivity contribution in [2.24, 2.45) is 0 Å². The van der Waals surface area contributed by atoms with Crippen LogP contribution in [0.25, 0.3) is 76.4 Å². The maximum absolute atomic E-state index is 6.92. The molecule has 0 aliphatic carbocycles. The molecule has 0 fully saturated rings. The Balaban J connectivity index is 1.37. The van der Waals surface area contributed by atoms with E-state index in [1.165, 1.54) is 21.9 Å². The summed E-state index contributed by atoms with van der Waals surface area (Å²) >= 11 is 0. The highest BCUT2D eigenvalue weighted by Gasteiger charge is 2.42. The van der Waals surface area contributed by atoms with Gasteiger partial charge in [-0.15, -0.1) is 0 Å². The first-order valence-electron chi connectivity index (χ1n) is 17.4. The van der Waals surface area contributed by atoms with Crippen LogP contribution in [-0.4, -0.2) is 15.0 Å². The van der Waals surface area contributed by atoms with Crippen LogP contribution in [-0.2, 0) is 5.41 Å². The first-order valence-corrected chi connectivity index (χ1v) is 17.4. The van der Waals surface area contributed by atoms with E-state index in [1.54, 1.807) is 0 Å². The van der Waals surface area contributed by atoms with E-state index in [2.05, 4.69) is 145 Å². The van der Waals surface area contributed by atoms with Gasteiger partial charge in [-0.25, -0.2) is 9.97 Å². The number of benzene rings is 7. The number of fused-ring (bicyclic) bond motifs is 15. The summed E-state index contributed by atoms with van der Waals surface area (Å²) in [6.07, 6.45) is 3.88. The van der Waals surface area contributed by atoms with Crippen molar-refractivity contribution in [3.05, 3.63) is 157 Å². The number of anilines is 3. The Hall–Kier alpha value is -6.59. The minimum absolute atomic E-state index is 0.378. The largest absolute Gasteiger partial charge is 0.454 e. The molecule has 5 heteroatoms. The first-order chi connectivity index (χ1) is 25.1. The summed E-state index contributed by atoms with van der Waals surface area (Å²) in [7, 11) is 0. The molecule has 0 atom stereocenters. The van der Waals surface area contributed by atoms with Gasteiger partial charge >= 0.3 is 0 Å². The molecule has 0 bridgehead atoms. The molecule has 0 unspecified atom stereocenters. The molecule has 4 heterocycles. The van der Waals surface area contributed by atoms with E-state index in [-0.39, 0.29) is 5.41 Å². The summed E-state index contributed by atoms with van der Waals surface area (Å²) in [6, 6.07) is 46.9. The number of rotatable bonds is 2. The zero-order chi connectivity index (χ0) is 33.8. The second-order valence-corrected chi connectivity index (χ2v) is 14.0. The highest BCUT2D eigenvalue weighted by Crippen LogP contribution is 2.57. The topological polar surface area (TPSA) is 55.1 Å². The van der Waals surface area contributed by atoms with Crippen molar-refractivity contribution in [1.29, 1.82) is 0 Å². The van der Waals surface area contributed by atoms with E-state index in [0.29, 0.717) is 5.95 Å². The van der Waals surface area contributed by atoms with Crippen molar-refractivity contribution in [3.63, 3.8) is 0 Å². The number of pyridine rings is 1. The summed E-state index contributed by atoms with van der Waals surface area (Å²) in [5.41, 5.74) is 8.48. The summed E-state index contributed by atoms with van der Waals surface area (Å²) in [6.45, 7) is 4.62. The van der Waals surface area contributed by atoms with E-state index in [1.807, 2.05) is 24.5 Å². The molecule has 51 heavy (non-hydrogen) atoms. The van der Waals surface area contributed by atoms with Gasteiger partial charge in [0.25, 0.3) is 0 Å². The lowest BCUT2D eigenvalue weighted by molar-refractivity contribution is 0.628. The van der Waals surface area contributed by atoms with Gasteiger partial charge < -0.3 is 4.42 Å². The normalized spacial score (nSPS) is 13.8. The van der Waals surface area contributed by atoms with Crippen LogP contribution in [0.4, 0.5) is 17.3 Å². The van der Waals surface area contributed by atoms with Gasteiger partial charge in [-0.2, -0.15) is 0 Å². The maximum atomic E-state index is 6.92. The fraction of sp³-hybridized carbons (Fsp3) is 0.0652. The van der Waals surface area contributed by atoms with Crippen LogP contribution in [0.5, 0.6) is 0 Å². The Morgan fingerprint density at radius 1 is 0.569 bits per heavy atom. The Morgan fingerprint density at radius 2 is 1.24 bits per heavy atom. The van der Waals surface area contributed by atoms with Crippen molar-refractivity contribution in [2.75, 3.05) is 4.90 Å². The van der Waals surface area contributed by atoms with Gasteiger partial charge in [0.05, 0.1) is 22.6 Å². The van der Waals surface area contributed by atoms with Crippen LogP contribution < -0.4 is 4.90 Å². The maximum Gasteiger partial charge on any atom is 0.235 e. The predicted molar refractivity (Wildman–Crippen MR) is 209 cm³/mol. The van der Waals surface area contributed by atoms with Crippen LogP contribution >= 0.6 is 0 Å². The lowest BCUT2D eigenvalue weighted by Crippen LogP contribution is -2.32. The molecule has 1 aliphatic heterocycles. The predicted octanol–water partition coefficient (Wildman–Crippen LogP) is 12.2. The minimum Gasteiger partial charge on any atom is -0.454 e. The Labute approximate surface area is 293 Å². The lowest BCUT2D eigenvalue weighted by atomic mass is 9.71. The van der Waals surface area contributed by atoms with E-state index in [4.69, 9.17) is 14.4 Å². The molecule has 0 radical (unpaired) electrons. The third kappa shape index (κ3) is 3.78. The summed E-state index contributed by atoms with van der Waals surface area (Å²) in [5.74, 6) is 0.598.